The second-order valence-corrected chi connectivity index (χ2v) is 6.90. The Morgan fingerprint density at radius 2 is 1.93 bits per heavy atom. The maximum absolute atomic E-state index is 2.46. The molecule has 82 valence electrons. The number of allylic oxidation sites excluding steroid dienone is 4. The van der Waals surface area contributed by atoms with Gasteiger partial charge in [0.1, 0.15) is 0 Å². The number of rotatable bonds is 0. The van der Waals surface area contributed by atoms with Crippen LogP contribution in [0.4, 0.5) is 0 Å². The lowest BCUT2D eigenvalue weighted by Crippen LogP contribution is -2.39. The van der Waals surface area contributed by atoms with Crippen LogP contribution in [0.25, 0.3) is 0 Å². The van der Waals surface area contributed by atoms with Gasteiger partial charge < -0.3 is 0 Å². The Labute approximate surface area is 93.5 Å². The van der Waals surface area contributed by atoms with Gasteiger partial charge in [-0.1, -0.05) is 51.5 Å². The molecule has 15 heavy (non-hydrogen) atoms. The molecule has 0 heterocycles. The summed E-state index contributed by atoms with van der Waals surface area (Å²) in [5, 5.41) is 0. The summed E-state index contributed by atoms with van der Waals surface area (Å²) in [6, 6.07) is 0. The predicted octanol–water partition coefficient (Wildman–Crippen LogP) is 4.34. The summed E-state index contributed by atoms with van der Waals surface area (Å²) < 4.78 is 0. The molecule has 0 radical (unpaired) electrons. The summed E-state index contributed by atoms with van der Waals surface area (Å²) in [7, 11) is 0. The lowest BCUT2D eigenvalue weighted by molar-refractivity contribution is 0.158. The topological polar surface area (TPSA) is 0 Å². The van der Waals surface area contributed by atoms with Gasteiger partial charge in [-0.25, -0.2) is 0 Å². The third kappa shape index (κ3) is 0.898. The Hall–Kier alpha value is -0.520. The van der Waals surface area contributed by atoms with E-state index in [1.807, 2.05) is 0 Å². The van der Waals surface area contributed by atoms with Crippen molar-refractivity contribution in [2.45, 2.75) is 47.0 Å². The van der Waals surface area contributed by atoms with Crippen LogP contribution in [0.1, 0.15) is 47.0 Å². The van der Waals surface area contributed by atoms with Gasteiger partial charge in [0, 0.05) is 5.41 Å². The molecule has 3 aliphatic rings. The third-order valence-electron chi connectivity index (χ3n) is 5.75. The van der Waals surface area contributed by atoms with Crippen molar-refractivity contribution < 1.29 is 0 Å². The summed E-state index contributed by atoms with van der Waals surface area (Å²) in [6.45, 7) is 9.78. The van der Waals surface area contributed by atoms with Crippen molar-refractivity contribution in [3.8, 4) is 0 Å². The molecule has 0 N–H and O–H groups in total. The van der Waals surface area contributed by atoms with Gasteiger partial charge in [0.05, 0.1) is 0 Å². The monoisotopic (exact) mass is 202 g/mol. The van der Waals surface area contributed by atoms with E-state index in [0.29, 0.717) is 16.2 Å². The quantitative estimate of drug-likeness (QED) is 0.548. The summed E-state index contributed by atoms with van der Waals surface area (Å²) in [6.07, 6.45) is 11.4. The molecule has 0 amide bonds. The average molecular weight is 202 g/mol. The fourth-order valence-corrected chi connectivity index (χ4v) is 4.59. The lowest BCUT2D eigenvalue weighted by Gasteiger charge is -2.48. The van der Waals surface area contributed by atoms with Gasteiger partial charge in [0.2, 0.25) is 0 Å². The van der Waals surface area contributed by atoms with Crippen molar-refractivity contribution in [3.05, 3.63) is 23.8 Å². The number of hydrogen-bond donors (Lipinski definition) is 0. The lowest BCUT2D eigenvalue weighted by atomic mass is 9.56. The van der Waals surface area contributed by atoms with Crippen LogP contribution >= 0.6 is 0 Å². The minimum Gasteiger partial charge on any atom is -0.0780 e. The van der Waals surface area contributed by atoms with E-state index in [0.717, 1.165) is 5.92 Å². The second-order valence-electron chi connectivity index (χ2n) is 6.90. The van der Waals surface area contributed by atoms with E-state index >= 15 is 0 Å². The molecule has 2 saturated carbocycles. The van der Waals surface area contributed by atoms with Crippen LogP contribution in [0.5, 0.6) is 0 Å². The highest BCUT2D eigenvalue weighted by molar-refractivity contribution is 5.42. The molecule has 2 bridgehead atoms. The van der Waals surface area contributed by atoms with Gasteiger partial charge in [-0.2, -0.15) is 0 Å². The predicted molar refractivity (Wildman–Crippen MR) is 64.6 cm³/mol. The van der Waals surface area contributed by atoms with Crippen molar-refractivity contribution >= 4 is 0 Å². The van der Waals surface area contributed by atoms with Gasteiger partial charge in [-0.3, -0.25) is 0 Å². The molecule has 0 nitrogen and oxygen atoms in total. The Morgan fingerprint density at radius 1 is 1.20 bits per heavy atom. The van der Waals surface area contributed by atoms with Crippen LogP contribution in [0, 0.1) is 22.2 Å². The minimum absolute atomic E-state index is 0.375. The summed E-state index contributed by atoms with van der Waals surface area (Å²) in [5.41, 5.74) is 3.09. The van der Waals surface area contributed by atoms with E-state index in [1.165, 1.54) is 19.3 Å². The molecule has 1 spiro atoms. The van der Waals surface area contributed by atoms with Crippen LogP contribution in [0.15, 0.2) is 23.8 Å². The van der Waals surface area contributed by atoms with Crippen LogP contribution in [0.3, 0.4) is 0 Å². The molecule has 2 fully saturated rings. The molecule has 3 aliphatic carbocycles. The molecular formula is C15H22. The van der Waals surface area contributed by atoms with Crippen LogP contribution < -0.4 is 0 Å². The molecule has 3 rings (SSSR count). The van der Waals surface area contributed by atoms with E-state index in [9.17, 15) is 0 Å². The first-order valence-corrected chi connectivity index (χ1v) is 6.31. The summed E-state index contributed by atoms with van der Waals surface area (Å²) in [5.74, 6) is 0.933. The number of fused-ring (bicyclic) bond motifs is 1. The molecule has 0 aromatic carbocycles. The van der Waals surface area contributed by atoms with Crippen molar-refractivity contribution in [2.75, 3.05) is 0 Å². The fraction of sp³-hybridized carbons (Fsp3) is 0.733. The zero-order chi connectivity index (χ0) is 10.9. The van der Waals surface area contributed by atoms with Gasteiger partial charge in [-0.05, 0) is 36.0 Å². The molecule has 0 saturated heterocycles. The summed E-state index contributed by atoms with van der Waals surface area (Å²) >= 11 is 0. The SMILES string of the molecule is CC1(C)C2=CC=CC(C)(C)[C@]23CC[C@H]1C3. The highest BCUT2D eigenvalue weighted by Crippen LogP contribution is 2.72. The highest BCUT2D eigenvalue weighted by Gasteiger charge is 2.63. The van der Waals surface area contributed by atoms with Crippen molar-refractivity contribution in [3.63, 3.8) is 0 Å². The highest BCUT2D eigenvalue weighted by atomic mass is 14.7. The first-order chi connectivity index (χ1) is 6.90. The molecule has 0 unspecified atom stereocenters. The Kier molecular flexibility index (Phi) is 1.56. The van der Waals surface area contributed by atoms with Crippen LogP contribution in [-0.4, -0.2) is 0 Å². The molecule has 0 aliphatic heterocycles. The molecular weight excluding hydrogens is 180 g/mol. The van der Waals surface area contributed by atoms with Gasteiger partial charge >= 0.3 is 0 Å². The third-order valence-corrected chi connectivity index (χ3v) is 5.75. The number of hydrogen-bond acceptors (Lipinski definition) is 0. The molecule has 2 atom stereocenters. The minimum atomic E-state index is 0.375. The standard InChI is InChI=1S/C15H22/c1-13(2)8-5-6-12-14(3,4)11-7-9-15(12,13)10-11/h5-6,8,11H,7,9-10H2,1-4H3/t11-,15-/m0/s1. The smallest absolute Gasteiger partial charge is 0.000921 e. The summed E-state index contributed by atoms with van der Waals surface area (Å²) in [4.78, 5) is 0. The Bertz CT molecular complexity index is 365. The normalized spacial score (nSPS) is 44.0. The first kappa shape index (κ1) is 9.69. The van der Waals surface area contributed by atoms with E-state index in [-0.39, 0.29) is 0 Å². The van der Waals surface area contributed by atoms with Gasteiger partial charge in [0.15, 0.2) is 0 Å². The fourth-order valence-electron chi connectivity index (χ4n) is 4.59. The van der Waals surface area contributed by atoms with Crippen molar-refractivity contribution in [1.29, 1.82) is 0 Å². The van der Waals surface area contributed by atoms with Gasteiger partial charge in [-0.15, -0.1) is 0 Å². The van der Waals surface area contributed by atoms with E-state index < -0.39 is 0 Å². The first-order valence-electron chi connectivity index (χ1n) is 6.31. The Morgan fingerprint density at radius 3 is 2.60 bits per heavy atom. The largest absolute Gasteiger partial charge is 0.0780 e. The zero-order valence-corrected chi connectivity index (χ0v) is 10.4. The van der Waals surface area contributed by atoms with E-state index in [4.69, 9.17) is 0 Å². The second kappa shape index (κ2) is 2.42. The zero-order valence-electron chi connectivity index (χ0n) is 10.4. The maximum Gasteiger partial charge on any atom is 0.000921 e. The molecule has 0 heteroatoms. The maximum atomic E-state index is 2.46. The van der Waals surface area contributed by atoms with Gasteiger partial charge in [0.25, 0.3) is 0 Å². The molecule has 0 aromatic heterocycles. The van der Waals surface area contributed by atoms with Crippen molar-refractivity contribution in [2.24, 2.45) is 22.2 Å². The van der Waals surface area contributed by atoms with Crippen molar-refractivity contribution in [1.82, 2.24) is 0 Å². The van der Waals surface area contributed by atoms with E-state index in [2.05, 4.69) is 45.9 Å². The van der Waals surface area contributed by atoms with Crippen LogP contribution in [0.2, 0.25) is 0 Å². The average Bonchev–Trinajstić information content (AvgIpc) is 2.63. The van der Waals surface area contributed by atoms with Crippen LogP contribution in [-0.2, 0) is 0 Å². The molecule has 0 aromatic rings. The van der Waals surface area contributed by atoms with E-state index in [1.54, 1.807) is 5.57 Å². The Balaban J connectivity index is 2.20.